The Morgan fingerprint density at radius 2 is 2.15 bits per heavy atom. The van der Waals surface area contributed by atoms with Gasteiger partial charge in [-0.25, -0.2) is 4.39 Å². The van der Waals surface area contributed by atoms with Gasteiger partial charge in [0, 0.05) is 4.88 Å². The van der Waals surface area contributed by atoms with Gasteiger partial charge in [0.05, 0.1) is 9.90 Å². The molecule has 0 saturated heterocycles. The van der Waals surface area contributed by atoms with Gasteiger partial charge in [-0.2, -0.15) is 0 Å². The van der Waals surface area contributed by atoms with Crippen molar-refractivity contribution in [2.24, 2.45) is 5.92 Å². The highest BCUT2D eigenvalue weighted by atomic mass is 35.5. The minimum atomic E-state index is -0.548. The second kappa shape index (κ2) is 8.05. The summed E-state index contributed by atoms with van der Waals surface area (Å²) in [6, 6.07) is 5.50. The van der Waals surface area contributed by atoms with Gasteiger partial charge < -0.3 is 4.74 Å². The first kappa shape index (κ1) is 18.7. The maximum atomic E-state index is 13.0. The quantitative estimate of drug-likeness (QED) is 0.777. The van der Waals surface area contributed by atoms with Gasteiger partial charge in [0.25, 0.3) is 11.8 Å². The lowest BCUT2D eigenvalue weighted by Crippen LogP contribution is -2.43. The molecule has 1 aromatic carbocycles. The molecule has 1 aliphatic carbocycles. The molecule has 1 aliphatic rings. The van der Waals surface area contributed by atoms with E-state index in [0.717, 1.165) is 25.3 Å². The van der Waals surface area contributed by atoms with E-state index in [1.807, 2.05) is 6.07 Å². The van der Waals surface area contributed by atoms with Crippen LogP contribution in [0.4, 0.5) is 4.39 Å². The molecule has 26 heavy (non-hydrogen) atoms. The van der Waals surface area contributed by atoms with Crippen LogP contribution in [-0.4, -0.2) is 18.4 Å². The molecule has 0 aliphatic heterocycles. The van der Waals surface area contributed by atoms with Gasteiger partial charge in [0.15, 0.2) is 6.61 Å². The van der Waals surface area contributed by atoms with Crippen LogP contribution in [-0.2, 0) is 17.6 Å². The van der Waals surface area contributed by atoms with Crippen LogP contribution in [0.3, 0.4) is 0 Å². The lowest BCUT2D eigenvalue weighted by atomic mass is 9.90. The van der Waals surface area contributed by atoms with Crippen molar-refractivity contribution in [1.29, 1.82) is 0 Å². The van der Waals surface area contributed by atoms with Crippen molar-refractivity contribution in [1.82, 2.24) is 10.9 Å². The number of thiophene rings is 1. The predicted octanol–water partition coefficient (Wildman–Crippen LogP) is 3.51. The Balaban J connectivity index is 1.49. The van der Waals surface area contributed by atoms with E-state index in [2.05, 4.69) is 17.8 Å². The van der Waals surface area contributed by atoms with Crippen LogP contribution in [0.2, 0.25) is 5.02 Å². The fourth-order valence-corrected chi connectivity index (χ4v) is 4.10. The number of nitrogens with one attached hydrogen (secondary N) is 2. The van der Waals surface area contributed by atoms with Crippen LogP contribution in [0.1, 0.15) is 33.5 Å². The standard InChI is InChI=1S/C18H18ClFN2O3S/c1-10-2-5-15-11(6-10)7-16(26-15)18(24)22-21-17(23)9-25-14-4-3-12(20)8-13(14)19/h3-4,7-8,10H,2,5-6,9H2,1H3,(H,21,23)(H,22,24)/t10-/m1/s1. The van der Waals surface area contributed by atoms with E-state index in [9.17, 15) is 14.0 Å². The van der Waals surface area contributed by atoms with Crippen molar-refractivity contribution in [3.05, 3.63) is 50.4 Å². The van der Waals surface area contributed by atoms with E-state index in [1.54, 1.807) is 0 Å². The summed E-state index contributed by atoms with van der Waals surface area (Å²) in [6.07, 6.45) is 3.11. The zero-order valence-corrected chi connectivity index (χ0v) is 15.7. The minimum Gasteiger partial charge on any atom is -0.482 e. The molecule has 1 heterocycles. The zero-order chi connectivity index (χ0) is 18.7. The summed E-state index contributed by atoms with van der Waals surface area (Å²) < 4.78 is 18.2. The summed E-state index contributed by atoms with van der Waals surface area (Å²) in [7, 11) is 0. The fourth-order valence-electron chi connectivity index (χ4n) is 2.78. The van der Waals surface area contributed by atoms with Crippen LogP contribution in [0.15, 0.2) is 24.3 Å². The molecule has 138 valence electrons. The molecule has 1 atom stereocenters. The van der Waals surface area contributed by atoms with Crippen molar-refractivity contribution in [3.8, 4) is 5.75 Å². The maximum Gasteiger partial charge on any atom is 0.279 e. The summed E-state index contributed by atoms with van der Waals surface area (Å²) in [5.41, 5.74) is 5.90. The number of hydrogen-bond acceptors (Lipinski definition) is 4. The molecule has 2 amide bonds. The molecule has 0 saturated carbocycles. The molecular weight excluding hydrogens is 379 g/mol. The third kappa shape index (κ3) is 4.53. The van der Waals surface area contributed by atoms with Crippen molar-refractivity contribution in [2.75, 3.05) is 6.61 Å². The summed E-state index contributed by atoms with van der Waals surface area (Å²) >= 11 is 7.28. The molecule has 2 aromatic rings. The van der Waals surface area contributed by atoms with Crippen LogP contribution in [0, 0.1) is 11.7 Å². The number of fused-ring (bicyclic) bond motifs is 1. The fraction of sp³-hybridized carbons (Fsp3) is 0.333. The molecular formula is C18H18ClFN2O3S. The third-order valence-corrected chi connectivity index (χ3v) is 5.65. The van der Waals surface area contributed by atoms with Gasteiger partial charge in [0.2, 0.25) is 0 Å². The number of amides is 2. The van der Waals surface area contributed by atoms with Gasteiger partial charge in [-0.1, -0.05) is 18.5 Å². The number of benzene rings is 1. The minimum absolute atomic E-state index is 0.0697. The Morgan fingerprint density at radius 1 is 1.35 bits per heavy atom. The highest BCUT2D eigenvalue weighted by molar-refractivity contribution is 7.14. The number of carbonyl (C=O) groups is 2. The van der Waals surface area contributed by atoms with Gasteiger partial charge >= 0.3 is 0 Å². The predicted molar refractivity (Wildman–Crippen MR) is 98.0 cm³/mol. The number of aryl methyl sites for hydroxylation is 1. The lowest BCUT2D eigenvalue weighted by molar-refractivity contribution is -0.123. The molecule has 0 fully saturated rings. The topological polar surface area (TPSA) is 67.4 Å². The Labute approximate surface area is 159 Å². The molecule has 2 N–H and O–H groups in total. The van der Waals surface area contributed by atoms with Crippen molar-refractivity contribution in [3.63, 3.8) is 0 Å². The first-order valence-electron chi connectivity index (χ1n) is 8.21. The Kier molecular flexibility index (Phi) is 5.78. The molecule has 0 spiro atoms. The van der Waals surface area contributed by atoms with Crippen LogP contribution in [0.5, 0.6) is 5.75 Å². The van der Waals surface area contributed by atoms with Gasteiger partial charge in [-0.3, -0.25) is 20.4 Å². The van der Waals surface area contributed by atoms with Crippen molar-refractivity contribution < 1.29 is 18.7 Å². The smallest absolute Gasteiger partial charge is 0.279 e. The van der Waals surface area contributed by atoms with Crippen molar-refractivity contribution in [2.45, 2.75) is 26.2 Å². The van der Waals surface area contributed by atoms with E-state index in [1.165, 1.54) is 33.9 Å². The second-order valence-corrected chi connectivity index (χ2v) is 7.82. The maximum absolute atomic E-state index is 13.0. The second-order valence-electron chi connectivity index (χ2n) is 6.27. The average molecular weight is 397 g/mol. The first-order chi connectivity index (χ1) is 12.4. The monoisotopic (exact) mass is 396 g/mol. The van der Waals surface area contributed by atoms with Crippen LogP contribution >= 0.6 is 22.9 Å². The molecule has 8 heteroatoms. The molecule has 0 bridgehead atoms. The number of hydrogen-bond donors (Lipinski definition) is 2. The summed E-state index contributed by atoms with van der Waals surface area (Å²) in [4.78, 5) is 25.8. The molecule has 5 nitrogen and oxygen atoms in total. The average Bonchev–Trinajstić information content (AvgIpc) is 3.02. The van der Waals surface area contributed by atoms with Crippen LogP contribution in [0.25, 0.3) is 0 Å². The Hall–Kier alpha value is -2.12. The van der Waals surface area contributed by atoms with Crippen LogP contribution < -0.4 is 15.6 Å². The molecule has 0 radical (unpaired) electrons. The number of rotatable bonds is 4. The summed E-state index contributed by atoms with van der Waals surface area (Å²) in [5, 5.41) is 0.0697. The van der Waals surface area contributed by atoms with Crippen molar-refractivity contribution >= 4 is 34.8 Å². The molecule has 1 aromatic heterocycles. The normalized spacial score (nSPS) is 15.9. The van der Waals surface area contributed by atoms with Gasteiger partial charge in [-0.15, -0.1) is 11.3 Å². The van der Waals surface area contributed by atoms with Gasteiger partial charge in [0.1, 0.15) is 11.6 Å². The molecule has 3 rings (SSSR count). The first-order valence-corrected chi connectivity index (χ1v) is 9.40. The highest BCUT2D eigenvalue weighted by Gasteiger charge is 2.20. The summed E-state index contributed by atoms with van der Waals surface area (Å²) in [6.45, 7) is 1.85. The number of ether oxygens (including phenoxy) is 1. The number of hydrazine groups is 1. The third-order valence-electron chi connectivity index (χ3n) is 4.12. The SMILES string of the molecule is C[C@@H]1CCc2sc(C(=O)NNC(=O)COc3ccc(F)cc3Cl)cc2C1. The molecule has 0 unspecified atom stereocenters. The lowest BCUT2D eigenvalue weighted by Gasteiger charge is -2.16. The Bertz CT molecular complexity index is 840. The highest BCUT2D eigenvalue weighted by Crippen LogP contribution is 2.32. The van der Waals surface area contributed by atoms with E-state index in [4.69, 9.17) is 16.3 Å². The summed E-state index contributed by atoms with van der Waals surface area (Å²) in [5.74, 6) is -0.580. The number of halogens is 2. The van der Waals surface area contributed by atoms with E-state index in [-0.39, 0.29) is 23.3 Å². The van der Waals surface area contributed by atoms with Gasteiger partial charge in [-0.05, 0) is 55.0 Å². The number of carbonyl (C=O) groups excluding carboxylic acids is 2. The Morgan fingerprint density at radius 3 is 2.92 bits per heavy atom. The largest absolute Gasteiger partial charge is 0.482 e. The zero-order valence-electron chi connectivity index (χ0n) is 14.1. The van der Waals surface area contributed by atoms with E-state index >= 15 is 0 Å². The van der Waals surface area contributed by atoms with E-state index in [0.29, 0.717) is 10.8 Å². The van der Waals surface area contributed by atoms with E-state index < -0.39 is 11.7 Å².